The molecule has 0 amide bonds. The number of aryl methyl sites for hydroxylation is 2. The van der Waals surface area contributed by atoms with Gasteiger partial charge in [0.05, 0.1) is 18.2 Å². The molecule has 0 saturated heterocycles. The number of benzene rings is 1. The lowest BCUT2D eigenvalue weighted by molar-refractivity contribution is -0.136. The van der Waals surface area contributed by atoms with Crippen LogP contribution >= 0.6 is 0 Å². The van der Waals surface area contributed by atoms with E-state index >= 15 is 0 Å². The number of methoxy groups -OCH3 is 1. The van der Waals surface area contributed by atoms with Gasteiger partial charge in [0, 0.05) is 49.0 Å². The first-order chi connectivity index (χ1) is 16.5. The summed E-state index contributed by atoms with van der Waals surface area (Å²) in [5, 5.41) is 0. The Morgan fingerprint density at radius 2 is 1.69 bits per heavy atom. The largest absolute Gasteiger partial charge is 0.465 e. The van der Waals surface area contributed by atoms with E-state index in [0.29, 0.717) is 16.8 Å². The van der Waals surface area contributed by atoms with Gasteiger partial charge in [0.15, 0.2) is 6.61 Å². The van der Waals surface area contributed by atoms with Gasteiger partial charge in [-0.25, -0.2) is 14.4 Å². The third-order valence-corrected chi connectivity index (χ3v) is 5.50. The van der Waals surface area contributed by atoms with E-state index in [4.69, 9.17) is 9.47 Å². The number of carbonyl (C=O) groups excluding carboxylic acids is 3. The Hall–Kier alpha value is -4.47. The Bertz CT molecular complexity index is 1450. The first kappa shape index (κ1) is 25.2. The molecule has 2 aromatic heterocycles. The molecule has 3 aromatic rings. The molecular weight excluding hydrogens is 454 g/mol. The Labute approximate surface area is 200 Å². The molecule has 3 rings (SSSR count). The highest BCUT2D eigenvalue weighted by molar-refractivity contribution is 6.00. The van der Waals surface area contributed by atoms with Gasteiger partial charge in [-0.1, -0.05) is 0 Å². The molecule has 0 saturated carbocycles. The second-order valence-corrected chi connectivity index (χ2v) is 7.86. The third-order valence-electron chi connectivity index (χ3n) is 5.50. The van der Waals surface area contributed by atoms with E-state index in [1.807, 2.05) is 11.5 Å². The maximum atomic E-state index is 12.7. The minimum Gasteiger partial charge on any atom is -0.465 e. The molecule has 0 atom stereocenters. The van der Waals surface area contributed by atoms with Crippen molar-refractivity contribution in [2.24, 2.45) is 14.1 Å². The average molecular weight is 479 g/mol. The minimum atomic E-state index is -0.804. The fraction of sp³-hybridized carbons (Fsp3) is 0.240. The lowest BCUT2D eigenvalue weighted by atomic mass is 10.1. The van der Waals surface area contributed by atoms with Crippen molar-refractivity contribution < 1.29 is 23.9 Å². The lowest BCUT2D eigenvalue weighted by Crippen LogP contribution is -2.37. The normalized spacial score (nSPS) is 11.0. The van der Waals surface area contributed by atoms with E-state index in [9.17, 15) is 24.0 Å². The summed E-state index contributed by atoms with van der Waals surface area (Å²) < 4.78 is 13.8. The summed E-state index contributed by atoms with van der Waals surface area (Å²) >= 11 is 0. The number of nitrogens with zero attached hydrogens (tertiary/aromatic N) is 3. The second kappa shape index (κ2) is 10.2. The summed E-state index contributed by atoms with van der Waals surface area (Å²) in [5.74, 6) is -1.64. The van der Waals surface area contributed by atoms with Crippen molar-refractivity contribution in [1.29, 1.82) is 0 Å². The van der Waals surface area contributed by atoms with Crippen LogP contribution in [0.4, 0.5) is 0 Å². The van der Waals surface area contributed by atoms with Crippen molar-refractivity contribution in [2.45, 2.75) is 13.8 Å². The number of esters is 2. The van der Waals surface area contributed by atoms with Crippen LogP contribution in [0.15, 0.2) is 52.2 Å². The van der Waals surface area contributed by atoms with Crippen LogP contribution in [-0.2, 0) is 28.4 Å². The van der Waals surface area contributed by atoms with E-state index in [0.717, 1.165) is 22.0 Å². The van der Waals surface area contributed by atoms with Crippen LogP contribution in [0.2, 0.25) is 0 Å². The molecule has 10 heteroatoms. The molecule has 182 valence electrons. The molecule has 35 heavy (non-hydrogen) atoms. The van der Waals surface area contributed by atoms with Crippen LogP contribution in [0.3, 0.4) is 0 Å². The predicted octanol–water partition coefficient (Wildman–Crippen LogP) is 1.72. The van der Waals surface area contributed by atoms with Gasteiger partial charge in [-0.15, -0.1) is 0 Å². The monoisotopic (exact) mass is 479 g/mol. The molecule has 0 fully saturated rings. The average Bonchev–Trinajstić information content (AvgIpc) is 3.15. The van der Waals surface area contributed by atoms with Crippen LogP contribution in [0, 0.1) is 13.8 Å². The van der Waals surface area contributed by atoms with E-state index in [1.54, 1.807) is 37.3 Å². The fourth-order valence-electron chi connectivity index (χ4n) is 3.68. The highest BCUT2D eigenvalue weighted by atomic mass is 16.5. The van der Waals surface area contributed by atoms with E-state index in [2.05, 4.69) is 0 Å². The standard InChI is InChI=1S/C25H25N3O7/c1-15-12-20(16(2)28(15)19-9-6-17(7-10-19)24(32)34-5)21(29)14-35-22(30)11-8-18-13-26(3)25(33)27(4)23(18)31/h6-13H,14H2,1-5H3/b11-8+. The third kappa shape index (κ3) is 5.21. The van der Waals surface area contributed by atoms with Crippen molar-refractivity contribution in [3.05, 3.63) is 91.5 Å². The lowest BCUT2D eigenvalue weighted by Gasteiger charge is -2.10. The van der Waals surface area contributed by atoms with Crippen molar-refractivity contribution in [2.75, 3.05) is 13.7 Å². The first-order valence-electron chi connectivity index (χ1n) is 10.6. The number of Topliss-reactive ketones (excluding diaryl/α,β-unsaturated/α-hetero) is 1. The summed E-state index contributed by atoms with van der Waals surface area (Å²) in [4.78, 5) is 60.4. The molecule has 0 aliphatic rings. The van der Waals surface area contributed by atoms with Crippen molar-refractivity contribution in [3.63, 3.8) is 0 Å². The van der Waals surface area contributed by atoms with Gasteiger partial charge in [-0.05, 0) is 50.3 Å². The Morgan fingerprint density at radius 1 is 1.03 bits per heavy atom. The molecule has 0 N–H and O–H groups in total. The zero-order chi connectivity index (χ0) is 25.9. The molecule has 2 heterocycles. The zero-order valence-electron chi connectivity index (χ0n) is 20.0. The van der Waals surface area contributed by atoms with Gasteiger partial charge < -0.3 is 18.6 Å². The summed E-state index contributed by atoms with van der Waals surface area (Å²) in [6.07, 6.45) is 3.57. The molecule has 0 radical (unpaired) electrons. The van der Waals surface area contributed by atoms with Gasteiger partial charge in [-0.3, -0.25) is 14.2 Å². The molecule has 10 nitrogen and oxygen atoms in total. The molecule has 0 aliphatic carbocycles. The molecule has 1 aromatic carbocycles. The number of hydrogen-bond donors (Lipinski definition) is 0. The van der Waals surface area contributed by atoms with Crippen molar-refractivity contribution >= 4 is 23.8 Å². The SMILES string of the molecule is COC(=O)c1ccc(-n2c(C)cc(C(=O)COC(=O)/C=C/c3cn(C)c(=O)n(C)c3=O)c2C)cc1. The van der Waals surface area contributed by atoms with Crippen molar-refractivity contribution in [1.82, 2.24) is 13.7 Å². The van der Waals surface area contributed by atoms with E-state index < -0.39 is 35.6 Å². The quantitative estimate of drug-likeness (QED) is 0.288. The predicted molar refractivity (Wildman–Crippen MR) is 128 cm³/mol. The van der Waals surface area contributed by atoms with Gasteiger partial charge in [0.1, 0.15) is 0 Å². The number of aromatic nitrogens is 3. The van der Waals surface area contributed by atoms with Crippen molar-refractivity contribution in [3.8, 4) is 5.69 Å². The Balaban J connectivity index is 1.72. The topological polar surface area (TPSA) is 119 Å². The first-order valence-corrected chi connectivity index (χ1v) is 10.6. The number of carbonyl (C=O) groups is 3. The van der Waals surface area contributed by atoms with Crippen LogP contribution in [-0.4, -0.2) is 45.1 Å². The highest BCUT2D eigenvalue weighted by Gasteiger charge is 2.18. The Kier molecular flexibility index (Phi) is 7.34. The fourth-order valence-corrected chi connectivity index (χ4v) is 3.68. The van der Waals surface area contributed by atoms with Crippen LogP contribution in [0.1, 0.15) is 37.7 Å². The van der Waals surface area contributed by atoms with Crippen LogP contribution in [0.25, 0.3) is 11.8 Å². The molecular formula is C25H25N3O7. The van der Waals surface area contributed by atoms with Gasteiger partial charge in [0.2, 0.25) is 5.78 Å². The molecule has 0 aliphatic heterocycles. The summed E-state index contributed by atoms with van der Waals surface area (Å²) in [6, 6.07) is 8.45. The number of ketones is 1. The smallest absolute Gasteiger partial charge is 0.337 e. The van der Waals surface area contributed by atoms with E-state index in [-0.39, 0.29) is 5.56 Å². The summed E-state index contributed by atoms with van der Waals surface area (Å²) in [5.41, 5.74) is 2.07. The maximum absolute atomic E-state index is 12.7. The maximum Gasteiger partial charge on any atom is 0.337 e. The zero-order valence-corrected chi connectivity index (χ0v) is 20.0. The van der Waals surface area contributed by atoms with Gasteiger partial charge in [-0.2, -0.15) is 0 Å². The van der Waals surface area contributed by atoms with Crippen LogP contribution in [0.5, 0.6) is 0 Å². The number of hydrogen-bond acceptors (Lipinski definition) is 7. The minimum absolute atomic E-state index is 0.125. The molecule has 0 bridgehead atoms. The molecule has 0 spiro atoms. The van der Waals surface area contributed by atoms with Gasteiger partial charge in [0.25, 0.3) is 5.56 Å². The number of ether oxygens (including phenoxy) is 2. The van der Waals surface area contributed by atoms with Crippen LogP contribution < -0.4 is 11.2 Å². The Morgan fingerprint density at radius 3 is 2.31 bits per heavy atom. The highest BCUT2D eigenvalue weighted by Crippen LogP contribution is 2.22. The second-order valence-electron chi connectivity index (χ2n) is 7.86. The van der Waals surface area contributed by atoms with E-state index in [1.165, 1.54) is 38.0 Å². The number of rotatable bonds is 7. The summed E-state index contributed by atoms with van der Waals surface area (Å²) in [6.45, 7) is 3.12. The summed E-state index contributed by atoms with van der Waals surface area (Å²) in [7, 11) is 4.13. The molecule has 0 unspecified atom stereocenters. The van der Waals surface area contributed by atoms with Gasteiger partial charge >= 0.3 is 17.6 Å².